The third-order valence-electron chi connectivity index (χ3n) is 9.57. The second-order valence-corrected chi connectivity index (χ2v) is 13.3. The van der Waals surface area contributed by atoms with Crippen molar-refractivity contribution >= 4 is 21.8 Å². The maximum Gasteiger partial charge on any atom is 0.417 e. The van der Waals surface area contributed by atoms with Crippen LogP contribution in [0.1, 0.15) is 22.3 Å². The lowest BCUT2D eigenvalue weighted by atomic mass is 9.92. The van der Waals surface area contributed by atoms with Gasteiger partial charge in [0.15, 0.2) is 17.5 Å². The summed E-state index contributed by atoms with van der Waals surface area (Å²) in [6.07, 6.45) is -20.3. The van der Waals surface area contributed by atoms with Gasteiger partial charge in [-0.1, -0.05) is 84.9 Å². The molecule has 0 saturated carbocycles. The molecule has 0 aliphatic carbocycles. The molecule has 4 nitrogen and oxygen atoms in total. The van der Waals surface area contributed by atoms with Crippen molar-refractivity contribution in [2.24, 2.45) is 0 Å². The smallest absolute Gasteiger partial charge is 0.309 e. The molecular weight excluding hydrogens is 800 g/mol. The van der Waals surface area contributed by atoms with Crippen LogP contribution < -0.4 is 0 Å². The number of hydrogen-bond donors (Lipinski definition) is 0. The number of fused-ring (bicyclic) bond motifs is 3. The van der Waals surface area contributed by atoms with Crippen LogP contribution in [0, 0.1) is 0 Å². The Morgan fingerprint density at radius 3 is 1.24 bits per heavy atom. The molecule has 6 aromatic carbocycles. The highest BCUT2D eigenvalue weighted by molar-refractivity contribution is 6.10. The topological polar surface area (TPSA) is 43.6 Å². The van der Waals surface area contributed by atoms with Crippen molar-refractivity contribution in [3.63, 3.8) is 0 Å². The van der Waals surface area contributed by atoms with Gasteiger partial charge in [0, 0.05) is 33.2 Å². The summed E-state index contributed by atoms with van der Waals surface area (Å²) in [6, 6.07) is 26.3. The molecule has 8 rings (SSSR count). The van der Waals surface area contributed by atoms with Crippen LogP contribution in [0.25, 0.3) is 72.8 Å². The maximum absolute atomic E-state index is 14.7. The summed E-state index contributed by atoms with van der Waals surface area (Å²) in [5.41, 5.74) is -6.59. The van der Waals surface area contributed by atoms with Gasteiger partial charge >= 0.3 is 24.7 Å². The van der Waals surface area contributed by atoms with E-state index >= 15 is 0 Å². The summed E-state index contributed by atoms with van der Waals surface area (Å²) in [5.74, 6) is -0.262. The summed E-state index contributed by atoms with van der Waals surface area (Å²) in [4.78, 5) is 13.7. The summed E-state index contributed by atoms with van der Waals surface area (Å²) in [7, 11) is 0. The van der Waals surface area contributed by atoms with Crippen LogP contribution in [0.5, 0.6) is 0 Å². The molecule has 59 heavy (non-hydrogen) atoms. The standard InChI is InChI=1S/C43H22F12N4/c44-40(45,46)25-11-15-30(34(19-25)43(53,54)55)29-18-14-28(22-33(29)39-57-37(23-7-3-1-4-8-23)56-38(58-39)24-9-5-2-6-10-24)59-35-20-26(41(47,48)49)12-16-31(35)32-17-13-27(21-36(32)59)42(50,51)52/h1-22H. The molecule has 0 unspecified atom stereocenters. The Morgan fingerprint density at radius 2 is 0.780 bits per heavy atom. The van der Waals surface area contributed by atoms with Crippen LogP contribution >= 0.6 is 0 Å². The highest BCUT2D eigenvalue weighted by Gasteiger charge is 2.39. The van der Waals surface area contributed by atoms with Crippen molar-refractivity contribution in [2.75, 3.05) is 0 Å². The van der Waals surface area contributed by atoms with Crippen LogP contribution in [0.2, 0.25) is 0 Å². The monoisotopic (exact) mass is 822 g/mol. The van der Waals surface area contributed by atoms with Gasteiger partial charge in [0.25, 0.3) is 0 Å². The lowest BCUT2D eigenvalue weighted by molar-refractivity contribution is -0.143. The van der Waals surface area contributed by atoms with Crippen molar-refractivity contribution in [1.82, 2.24) is 19.5 Å². The third kappa shape index (κ3) is 7.45. The highest BCUT2D eigenvalue weighted by Crippen LogP contribution is 2.45. The van der Waals surface area contributed by atoms with E-state index in [0.29, 0.717) is 23.3 Å². The second kappa shape index (κ2) is 14.0. The molecule has 0 saturated heterocycles. The normalized spacial score (nSPS) is 12.7. The van der Waals surface area contributed by atoms with Crippen LogP contribution in [0.15, 0.2) is 133 Å². The van der Waals surface area contributed by atoms with Gasteiger partial charge in [0.1, 0.15) is 0 Å². The van der Waals surface area contributed by atoms with Crippen LogP contribution in [-0.4, -0.2) is 19.5 Å². The molecule has 298 valence electrons. The lowest BCUT2D eigenvalue weighted by Gasteiger charge is -2.20. The van der Waals surface area contributed by atoms with Gasteiger partial charge < -0.3 is 4.57 Å². The van der Waals surface area contributed by atoms with E-state index in [1.165, 1.54) is 6.07 Å². The quantitative estimate of drug-likeness (QED) is 0.162. The van der Waals surface area contributed by atoms with E-state index in [-0.39, 0.29) is 62.2 Å². The molecule has 0 fully saturated rings. The molecule has 0 N–H and O–H groups in total. The van der Waals surface area contributed by atoms with E-state index in [1.54, 1.807) is 60.7 Å². The fourth-order valence-electron chi connectivity index (χ4n) is 6.86. The minimum atomic E-state index is -5.34. The van der Waals surface area contributed by atoms with E-state index in [0.717, 1.165) is 53.1 Å². The fourth-order valence-corrected chi connectivity index (χ4v) is 6.86. The summed E-state index contributed by atoms with van der Waals surface area (Å²) < 4.78 is 171. The zero-order chi connectivity index (χ0) is 42.1. The Hall–Kier alpha value is -6.71. The van der Waals surface area contributed by atoms with E-state index in [2.05, 4.69) is 15.0 Å². The first-order valence-electron chi connectivity index (χ1n) is 17.3. The molecule has 0 amide bonds. The third-order valence-corrected chi connectivity index (χ3v) is 9.57. The van der Waals surface area contributed by atoms with Gasteiger partial charge in [0.05, 0.1) is 33.3 Å². The number of hydrogen-bond acceptors (Lipinski definition) is 3. The summed E-state index contributed by atoms with van der Waals surface area (Å²) in [6.45, 7) is 0. The van der Waals surface area contributed by atoms with Crippen molar-refractivity contribution < 1.29 is 52.7 Å². The fraction of sp³-hybridized carbons (Fsp3) is 0.0930. The van der Waals surface area contributed by atoms with E-state index in [4.69, 9.17) is 0 Å². The summed E-state index contributed by atoms with van der Waals surface area (Å²) >= 11 is 0. The Morgan fingerprint density at radius 1 is 0.356 bits per heavy atom. The van der Waals surface area contributed by atoms with Crippen molar-refractivity contribution in [3.8, 4) is 51.0 Å². The number of benzene rings is 6. The first-order valence-corrected chi connectivity index (χ1v) is 17.3. The van der Waals surface area contributed by atoms with Gasteiger partial charge in [-0.3, -0.25) is 0 Å². The Kier molecular flexibility index (Phi) is 9.28. The van der Waals surface area contributed by atoms with E-state index in [9.17, 15) is 52.7 Å². The first-order chi connectivity index (χ1) is 27.8. The zero-order valence-electron chi connectivity index (χ0n) is 29.5. The molecule has 2 heterocycles. The molecule has 16 heteroatoms. The number of halogens is 12. The van der Waals surface area contributed by atoms with Gasteiger partial charge in [-0.2, -0.15) is 52.7 Å². The number of aromatic nitrogens is 4. The lowest BCUT2D eigenvalue weighted by Crippen LogP contribution is -2.12. The zero-order valence-corrected chi connectivity index (χ0v) is 29.5. The molecule has 0 aliphatic rings. The minimum Gasteiger partial charge on any atom is -0.309 e. The van der Waals surface area contributed by atoms with Crippen LogP contribution in [-0.2, 0) is 24.7 Å². The highest BCUT2D eigenvalue weighted by atomic mass is 19.4. The molecule has 0 aliphatic heterocycles. The van der Waals surface area contributed by atoms with Crippen LogP contribution in [0.3, 0.4) is 0 Å². The summed E-state index contributed by atoms with van der Waals surface area (Å²) in [5, 5.41) is 0.236. The largest absolute Gasteiger partial charge is 0.417 e. The average Bonchev–Trinajstić information content (AvgIpc) is 3.53. The van der Waals surface area contributed by atoms with E-state index in [1.807, 2.05) is 0 Å². The number of rotatable bonds is 5. The number of nitrogens with zero attached hydrogens (tertiary/aromatic N) is 4. The van der Waals surface area contributed by atoms with Gasteiger partial charge in [0.2, 0.25) is 0 Å². The molecule has 2 aromatic heterocycles. The maximum atomic E-state index is 14.7. The average molecular weight is 823 g/mol. The van der Waals surface area contributed by atoms with Gasteiger partial charge in [-0.15, -0.1) is 0 Å². The van der Waals surface area contributed by atoms with Crippen LogP contribution in [0.4, 0.5) is 52.7 Å². The van der Waals surface area contributed by atoms with Gasteiger partial charge in [-0.05, 0) is 59.7 Å². The Balaban J connectivity index is 1.50. The Labute approximate surface area is 325 Å². The second-order valence-electron chi connectivity index (χ2n) is 13.3. The van der Waals surface area contributed by atoms with E-state index < -0.39 is 52.5 Å². The first kappa shape index (κ1) is 39.1. The van der Waals surface area contributed by atoms with Crippen molar-refractivity contribution in [3.05, 3.63) is 156 Å². The minimum absolute atomic E-state index is 0.0239. The molecule has 8 aromatic rings. The van der Waals surface area contributed by atoms with Gasteiger partial charge in [-0.25, -0.2) is 15.0 Å². The molecule has 0 radical (unpaired) electrons. The molecule has 0 atom stereocenters. The SMILES string of the molecule is FC(F)(F)c1ccc(-c2ccc(-n3c4cc(C(F)(F)F)ccc4c4ccc(C(F)(F)F)cc43)cc2-c2nc(-c3ccccc3)nc(-c3ccccc3)n2)c(C(F)(F)F)c1. The van der Waals surface area contributed by atoms with Crippen molar-refractivity contribution in [1.29, 1.82) is 0 Å². The number of alkyl halides is 12. The molecule has 0 spiro atoms. The van der Waals surface area contributed by atoms with Crippen molar-refractivity contribution in [2.45, 2.75) is 24.7 Å². The predicted molar refractivity (Wildman–Crippen MR) is 196 cm³/mol. The molecule has 0 bridgehead atoms. The molecular formula is C43H22F12N4. The predicted octanol–water partition coefficient (Wildman–Crippen LogP) is 13.7. The Bertz CT molecular complexity index is 2750.